The van der Waals surface area contributed by atoms with Crippen molar-refractivity contribution in [1.82, 2.24) is 65.8 Å². The number of hydrogen-bond acceptors (Lipinski definition) is 25. The van der Waals surface area contributed by atoms with Crippen LogP contribution in [0.3, 0.4) is 0 Å². The van der Waals surface area contributed by atoms with Crippen LogP contribution in [0.1, 0.15) is 211 Å². The summed E-state index contributed by atoms with van der Waals surface area (Å²) in [5, 5.41) is 42.7. The number of pyridine rings is 6. The number of aromatic carboxylic acids is 1. The molecule has 0 fully saturated rings. The number of benzene rings is 4. The number of carboxylic acids is 2. The number of methoxy groups -OCH3 is 4. The molecule has 770 valence electrons. The van der Waals surface area contributed by atoms with Crippen molar-refractivity contribution in [3.63, 3.8) is 0 Å². The van der Waals surface area contributed by atoms with Gasteiger partial charge in [-0.05, 0) is 274 Å². The average molecular weight is 2040 g/mol. The fraction of sp³-hybridized carbons (Fsp3) is 0.259. The molecule has 0 radical (unpaired) electrons. The molecule has 12 heterocycles. The second kappa shape index (κ2) is 56.8. The molecule has 0 aliphatic carbocycles. The van der Waals surface area contributed by atoms with Gasteiger partial charge in [0.25, 0.3) is 17.7 Å². The Morgan fingerprint density at radius 2 is 0.844 bits per heavy atom. The standard InChI is InChI=1S/C27H29FN4O4.C27H25FN4O4.C25H27FN4O4.C15H11N3O2.C12H16FNO3.C2H6O.ClH/c2*1-3-36-25(33)15-22(19-8-11-24(35-2)21(28)14-19)32-27(34)23-13-17(16-30-23)6-9-20-10-7-18-5-4-12-29-26(18)31-20;1-34-22-9-6-17(12-19(22)26)20(13-23(31)32)30-25(33)21-11-15(14-28-21)4-7-18-8-5-16-3-2-10-27-24(16)29-18;19-15(20)13-8-10(9-17-13)3-5-12-6-4-11-2-1-7-16-14(11)18-12;1-3-17-12(15)7-10(14)8-4-5-11(16-2)9(13)6-8;1-2-3;/h6-11,13-14,16,22,30H,3-5,12,15H2,1-2H3,(H,29,31)(H,32,34);4-14,16,22,30H,3,15H2,1-2H3,(H,32,34);2-3,6,9-12,14,18,20,28H,4-5,7-8,13H2,1H3,(H,27,29)(H,30,33)(H,31,32);1-9,17H,(H,19,20);4-6,10H,3,7,14H2,1-2H3;3H,2H2,1H3;1H/b2*9-6+;;5-3+;;;/t2*22-;18?,20-;;10-;;/m000.0../s1. The predicted molar refractivity (Wildman–Crippen MR) is 551 cm³/mol. The highest BCUT2D eigenvalue weighted by atomic mass is 35.5. The van der Waals surface area contributed by atoms with Crippen molar-refractivity contribution in [1.29, 1.82) is 0 Å². The number of halogens is 5. The highest BCUT2D eigenvalue weighted by molar-refractivity contribution is 5.96. The molecule has 0 bridgehead atoms. The fourth-order valence-electron chi connectivity index (χ4n) is 15.2. The van der Waals surface area contributed by atoms with Gasteiger partial charge >= 0.3 is 29.8 Å². The second-order valence-electron chi connectivity index (χ2n) is 32.7. The van der Waals surface area contributed by atoms with Crippen molar-refractivity contribution in [2.75, 3.05) is 72.0 Å². The molecule has 3 amide bonds. The van der Waals surface area contributed by atoms with Gasteiger partial charge in [0.05, 0.1) is 109 Å². The SMILES string of the molecule is CCO.CCOC(=O)C[C@H](N)c1ccc(OC)c(F)c1.CCOC(=O)C[C@H](NC(=O)c1cc(/C=C/c2ccc3c(n2)NCCC3)c[nH]1)c1ccc(OC)c(F)c1.CCOC(=O)C[C@H](NC(=O)c1cc(/C=C/c2ccc3cccnc3n2)c[nH]1)c1ccc(OC)c(F)c1.COc1ccc([C@H](CC(=O)O)NC(=O)c2cc(CCC3CCc4cccnc4N3)c[nH]2)cc1F.Cl.O=C(O)c1cc(/C=C/c2ccc3cccnc3n2)c[nH]1. The van der Waals surface area contributed by atoms with E-state index >= 15 is 0 Å². The molecule has 2 aliphatic rings. The van der Waals surface area contributed by atoms with Crippen LogP contribution in [-0.4, -0.2) is 180 Å². The number of hydrogen-bond donors (Lipinski definition) is 13. The predicted octanol–water partition coefficient (Wildman–Crippen LogP) is 18.1. The summed E-state index contributed by atoms with van der Waals surface area (Å²) in [6, 6.07) is 44.4. The number of esters is 3. The molecule has 0 saturated carbocycles. The highest BCUT2D eigenvalue weighted by Crippen LogP contribution is 2.32. The number of nitrogens with two attached hydrogens (primary N) is 1. The quantitative estimate of drug-likeness (QED) is 0.00996. The summed E-state index contributed by atoms with van der Waals surface area (Å²) in [5.74, 6) is -4.93. The first-order valence-corrected chi connectivity index (χ1v) is 46.8. The molecule has 10 aromatic heterocycles. The van der Waals surface area contributed by atoms with Crippen molar-refractivity contribution in [2.24, 2.45) is 5.73 Å². The van der Waals surface area contributed by atoms with Crippen LogP contribution in [0.4, 0.5) is 29.2 Å². The summed E-state index contributed by atoms with van der Waals surface area (Å²) >= 11 is 0. The minimum absolute atomic E-state index is 0. The molecule has 147 heavy (non-hydrogen) atoms. The Kier molecular flexibility index (Phi) is 43.3. The molecule has 0 saturated heterocycles. The summed E-state index contributed by atoms with van der Waals surface area (Å²) in [7, 11) is 5.46. The van der Waals surface area contributed by atoms with E-state index in [1.54, 1.807) is 126 Å². The Labute approximate surface area is 850 Å². The van der Waals surface area contributed by atoms with Crippen LogP contribution in [-0.2, 0) is 52.7 Å². The third-order valence-electron chi connectivity index (χ3n) is 22.5. The number of aromatic nitrogens is 10. The summed E-state index contributed by atoms with van der Waals surface area (Å²) in [6.07, 6.45) is 28.1. The molecule has 5 atom stereocenters. The number of aliphatic carboxylic acids is 1. The minimum atomic E-state index is -1.11. The lowest BCUT2D eigenvalue weighted by atomic mass is 9.96. The Bertz CT molecular complexity index is 6910. The van der Waals surface area contributed by atoms with Crippen molar-refractivity contribution in [3.8, 4) is 23.0 Å². The van der Waals surface area contributed by atoms with Gasteiger partial charge in [-0.15, -0.1) is 12.4 Å². The molecular weight excluding hydrogens is 1920 g/mol. The van der Waals surface area contributed by atoms with Crippen LogP contribution in [0, 0.1) is 23.3 Å². The number of carbonyl (C=O) groups excluding carboxylic acids is 6. The van der Waals surface area contributed by atoms with Crippen molar-refractivity contribution in [2.45, 2.75) is 122 Å². The molecule has 34 nitrogen and oxygen atoms in total. The monoisotopic (exact) mass is 2030 g/mol. The Morgan fingerprint density at radius 1 is 0.449 bits per heavy atom. The topological polar surface area (TPSA) is 489 Å². The van der Waals surface area contributed by atoms with E-state index in [-0.39, 0.29) is 92.3 Å². The van der Waals surface area contributed by atoms with E-state index in [0.29, 0.717) is 57.6 Å². The zero-order chi connectivity index (χ0) is 105. The third kappa shape index (κ3) is 33.9. The first-order valence-electron chi connectivity index (χ1n) is 46.8. The summed E-state index contributed by atoms with van der Waals surface area (Å²) in [4.78, 5) is 134. The summed E-state index contributed by atoms with van der Waals surface area (Å²) in [6.45, 7) is 8.67. The number of aliphatic hydroxyl groups excluding tert-OH is 1. The second-order valence-corrected chi connectivity index (χ2v) is 32.7. The Hall–Kier alpha value is -16.9. The smallest absolute Gasteiger partial charge is 0.352 e. The van der Waals surface area contributed by atoms with Crippen LogP contribution < -0.4 is 51.3 Å². The number of nitrogens with one attached hydrogen (secondary N) is 9. The first kappa shape index (κ1) is 112. The maximum atomic E-state index is 14.3. The largest absolute Gasteiger partial charge is 0.494 e. The maximum absolute atomic E-state index is 14.3. The maximum Gasteiger partial charge on any atom is 0.352 e. The number of aryl methyl sites for hydroxylation is 3. The van der Waals surface area contributed by atoms with Gasteiger partial charge in [0.15, 0.2) is 57.6 Å². The number of rotatable bonds is 35. The van der Waals surface area contributed by atoms with Gasteiger partial charge < -0.3 is 101 Å². The van der Waals surface area contributed by atoms with Gasteiger partial charge in [0, 0.05) is 79.4 Å². The number of anilines is 2. The van der Waals surface area contributed by atoms with Crippen molar-refractivity contribution >= 4 is 130 Å². The van der Waals surface area contributed by atoms with E-state index in [4.69, 9.17) is 49.1 Å². The molecule has 4 aromatic carbocycles. The van der Waals surface area contributed by atoms with Crippen LogP contribution >= 0.6 is 12.4 Å². The highest BCUT2D eigenvalue weighted by Gasteiger charge is 2.28. The number of nitrogens with zero attached hydrogens (tertiary/aromatic N) is 6. The number of carbonyl (C=O) groups is 8. The Morgan fingerprint density at radius 3 is 1.29 bits per heavy atom. The van der Waals surface area contributed by atoms with Gasteiger partial charge in [-0.25, -0.2) is 52.3 Å². The normalized spacial score (nSPS) is 12.9. The number of amides is 3. The Balaban J connectivity index is 0.000000191. The van der Waals surface area contributed by atoms with E-state index in [1.807, 2.05) is 91.0 Å². The number of ether oxygens (including phenoxy) is 7. The fourth-order valence-corrected chi connectivity index (χ4v) is 15.2. The molecule has 1 unspecified atom stereocenters. The summed E-state index contributed by atoms with van der Waals surface area (Å²) < 4.78 is 90.6. The number of fused-ring (bicyclic) bond motifs is 4. The third-order valence-corrected chi connectivity index (χ3v) is 22.5. The van der Waals surface area contributed by atoms with E-state index < -0.39 is 95.0 Å². The van der Waals surface area contributed by atoms with E-state index in [1.165, 1.54) is 88.1 Å². The van der Waals surface area contributed by atoms with Gasteiger partial charge in [-0.2, -0.15) is 0 Å². The van der Waals surface area contributed by atoms with E-state index in [2.05, 4.69) is 88.6 Å². The van der Waals surface area contributed by atoms with Gasteiger partial charge in [-0.3, -0.25) is 33.6 Å². The molecule has 2 aliphatic heterocycles. The zero-order valence-electron chi connectivity index (χ0n) is 81.8. The number of carboxylic acid groups (broad SMARTS) is 2. The van der Waals surface area contributed by atoms with Crippen LogP contribution in [0.5, 0.6) is 23.0 Å². The van der Waals surface area contributed by atoms with E-state index in [9.17, 15) is 61.0 Å². The lowest BCUT2D eigenvalue weighted by molar-refractivity contribution is -0.144. The first-order chi connectivity index (χ1) is 70.6. The molecule has 16 rings (SSSR count). The van der Waals surface area contributed by atoms with E-state index in [0.717, 1.165) is 107 Å². The van der Waals surface area contributed by atoms with Gasteiger partial charge in [-0.1, -0.05) is 54.6 Å². The lowest BCUT2D eigenvalue weighted by Gasteiger charge is -2.25. The number of aliphatic hydroxyl groups is 1. The number of H-pyrrole nitrogens is 4. The molecular formula is C108H115ClF4N16O18. The van der Waals surface area contributed by atoms with Gasteiger partial charge in [0.1, 0.15) is 34.4 Å². The van der Waals surface area contributed by atoms with Crippen molar-refractivity contribution < 1.29 is 104 Å². The lowest BCUT2D eigenvalue weighted by Crippen LogP contribution is -2.31. The molecule has 14 N–H and O–H groups in total. The number of aromatic amines is 4. The zero-order valence-corrected chi connectivity index (χ0v) is 82.6. The van der Waals surface area contributed by atoms with Gasteiger partial charge in [0.2, 0.25) is 0 Å². The molecule has 39 heteroatoms. The van der Waals surface area contributed by atoms with Crippen LogP contribution in [0.15, 0.2) is 213 Å². The average Bonchev–Trinajstić information content (AvgIpc) is 1.81. The van der Waals surface area contributed by atoms with Crippen LogP contribution in [0.25, 0.3) is 58.5 Å². The van der Waals surface area contributed by atoms with Crippen molar-refractivity contribution in [3.05, 3.63) is 332 Å². The summed E-state index contributed by atoms with van der Waals surface area (Å²) in [5.41, 5.74) is 18.0. The van der Waals surface area contributed by atoms with Crippen LogP contribution in [0.2, 0.25) is 0 Å². The molecule has 0 spiro atoms. The molecule has 14 aromatic rings. The minimum Gasteiger partial charge on any atom is -0.494 e.